The first-order valence-corrected chi connectivity index (χ1v) is 8.55. The van der Waals surface area contributed by atoms with Crippen LogP contribution >= 0.6 is 35.3 Å². The Kier molecular flexibility index (Phi) is 3.97. The van der Waals surface area contributed by atoms with Crippen LogP contribution in [0.15, 0.2) is 40.6 Å². The number of carbonyl (C=O) groups is 1. The van der Waals surface area contributed by atoms with E-state index in [2.05, 4.69) is 6.07 Å². The molecule has 0 saturated carbocycles. The van der Waals surface area contributed by atoms with E-state index in [0.717, 1.165) is 16.1 Å². The predicted molar refractivity (Wildman–Crippen MR) is 95.9 cm³/mol. The van der Waals surface area contributed by atoms with Crippen LogP contribution in [0.4, 0.5) is 5.69 Å². The van der Waals surface area contributed by atoms with Gasteiger partial charge in [-0.1, -0.05) is 47.7 Å². The molecular formula is C16H13NOS3. The minimum atomic E-state index is -0.0367. The largest absolute Gasteiger partial charge is 0.270 e. The highest BCUT2D eigenvalue weighted by Gasteiger charge is 2.34. The van der Waals surface area contributed by atoms with E-state index in [1.807, 2.05) is 49.6 Å². The molecule has 1 saturated heterocycles. The molecule has 3 rings (SSSR count). The highest BCUT2D eigenvalue weighted by atomic mass is 32.2. The molecule has 1 aliphatic heterocycles. The summed E-state index contributed by atoms with van der Waals surface area (Å²) >= 11 is 8.37. The van der Waals surface area contributed by atoms with Gasteiger partial charge in [-0.2, -0.15) is 0 Å². The van der Waals surface area contributed by atoms with Crippen molar-refractivity contribution in [2.24, 2.45) is 0 Å². The summed E-state index contributed by atoms with van der Waals surface area (Å²) in [6, 6.07) is 10.00. The highest BCUT2D eigenvalue weighted by molar-refractivity contribution is 8.27. The van der Waals surface area contributed by atoms with Crippen LogP contribution in [0.5, 0.6) is 0 Å². The van der Waals surface area contributed by atoms with Crippen molar-refractivity contribution in [3.8, 4) is 0 Å². The zero-order valence-corrected chi connectivity index (χ0v) is 14.1. The smallest absolute Gasteiger partial charge is 0.268 e. The first-order valence-electron chi connectivity index (χ1n) is 6.45. The maximum atomic E-state index is 12.6. The SMILES string of the molecule is Cc1ccc(N2C(=O)/C(=C\c3cccs3)SC2=S)c(C)c1. The molecule has 2 nitrogen and oxygen atoms in total. The maximum Gasteiger partial charge on any atom is 0.270 e. The van der Waals surface area contributed by atoms with E-state index in [1.54, 1.807) is 16.2 Å². The number of rotatable bonds is 2. The summed E-state index contributed by atoms with van der Waals surface area (Å²) in [5, 5.41) is 2.00. The molecule has 0 spiro atoms. The van der Waals surface area contributed by atoms with Crippen LogP contribution in [0.25, 0.3) is 6.08 Å². The van der Waals surface area contributed by atoms with Gasteiger partial charge in [-0.25, -0.2) is 0 Å². The first-order chi connectivity index (χ1) is 10.1. The summed E-state index contributed by atoms with van der Waals surface area (Å²) in [5.41, 5.74) is 3.11. The Morgan fingerprint density at radius 3 is 2.71 bits per heavy atom. The Hall–Kier alpha value is -1.43. The maximum absolute atomic E-state index is 12.6. The molecular weight excluding hydrogens is 318 g/mol. The van der Waals surface area contributed by atoms with Crippen molar-refractivity contribution in [2.45, 2.75) is 13.8 Å². The summed E-state index contributed by atoms with van der Waals surface area (Å²) < 4.78 is 0.592. The number of anilines is 1. The molecule has 5 heteroatoms. The molecule has 2 heterocycles. The van der Waals surface area contributed by atoms with Crippen molar-refractivity contribution >= 4 is 57.3 Å². The fourth-order valence-electron chi connectivity index (χ4n) is 2.23. The van der Waals surface area contributed by atoms with Crippen molar-refractivity contribution in [1.29, 1.82) is 0 Å². The van der Waals surface area contributed by atoms with Gasteiger partial charge in [-0.15, -0.1) is 11.3 Å². The van der Waals surface area contributed by atoms with Crippen LogP contribution in [-0.4, -0.2) is 10.2 Å². The highest BCUT2D eigenvalue weighted by Crippen LogP contribution is 2.37. The van der Waals surface area contributed by atoms with Gasteiger partial charge in [0.2, 0.25) is 0 Å². The van der Waals surface area contributed by atoms with Crippen molar-refractivity contribution in [2.75, 3.05) is 4.90 Å². The predicted octanol–water partition coefficient (Wildman–Crippen LogP) is 4.77. The van der Waals surface area contributed by atoms with Gasteiger partial charge < -0.3 is 0 Å². The van der Waals surface area contributed by atoms with E-state index in [0.29, 0.717) is 9.23 Å². The number of thiophene rings is 1. The normalized spacial score (nSPS) is 17.0. The molecule has 106 valence electrons. The van der Waals surface area contributed by atoms with Crippen LogP contribution in [0, 0.1) is 13.8 Å². The van der Waals surface area contributed by atoms with Crippen molar-refractivity contribution in [3.05, 3.63) is 56.6 Å². The van der Waals surface area contributed by atoms with Crippen LogP contribution in [0.1, 0.15) is 16.0 Å². The molecule has 0 bridgehead atoms. The minimum absolute atomic E-state index is 0.0367. The molecule has 1 fully saturated rings. The molecule has 0 aliphatic carbocycles. The molecule has 1 amide bonds. The molecule has 1 aromatic carbocycles. The lowest BCUT2D eigenvalue weighted by molar-refractivity contribution is -0.113. The fourth-order valence-corrected chi connectivity index (χ4v) is 4.24. The lowest BCUT2D eigenvalue weighted by atomic mass is 10.1. The number of amides is 1. The summed E-state index contributed by atoms with van der Waals surface area (Å²) in [5.74, 6) is -0.0367. The van der Waals surface area contributed by atoms with E-state index < -0.39 is 0 Å². The van der Waals surface area contributed by atoms with E-state index in [4.69, 9.17) is 12.2 Å². The second-order valence-electron chi connectivity index (χ2n) is 4.82. The lowest BCUT2D eigenvalue weighted by Gasteiger charge is -2.17. The topological polar surface area (TPSA) is 20.3 Å². The van der Waals surface area contributed by atoms with E-state index in [-0.39, 0.29) is 5.91 Å². The standard InChI is InChI=1S/C16H13NOS3/c1-10-5-6-13(11(2)8-10)17-15(18)14(21-16(17)19)9-12-4-3-7-20-12/h3-9H,1-2H3/b14-9+. The van der Waals surface area contributed by atoms with Gasteiger partial charge in [-0.05, 0) is 43.0 Å². The zero-order chi connectivity index (χ0) is 15.0. The average Bonchev–Trinajstić information content (AvgIpc) is 3.02. The van der Waals surface area contributed by atoms with Gasteiger partial charge in [-0.3, -0.25) is 9.69 Å². The monoisotopic (exact) mass is 331 g/mol. The van der Waals surface area contributed by atoms with Gasteiger partial charge in [0, 0.05) is 4.88 Å². The van der Waals surface area contributed by atoms with Gasteiger partial charge in [0.15, 0.2) is 4.32 Å². The van der Waals surface area contributed by atoms with E-state index >= 15 is 0 Å². The van der Waals surface area contributed by atoms with Crippen LogP contribution in [0.3, 0.4) is 0 Å². The van der Waals surface area contributed by atoms with Crippen molar-refractivity contribution < 1.29 is 4.79 Å². The summed E-state index contributed by atoms with van der Waals surface area (Å²) in [4.78, 5) is 16.0. The summed E-state index contributed by atoms with van der Waals surface area (Å²) in [6.45, 7) is 4.04. The Labute approximate surface area is 137 Å². The summed E-state index contributed by atoms with van der Waals surface area (Å²) in [7, 11) is 0. The first kappa shape index (κ1) is 14.5. The molecule has 2 aromatic rings. The van der Waals surface area contributed by atoms with E-state index in [9.17, 15) is 4.79 Å². The molecule has 0 N–H and O–H groups in total. The molecule has 0 atom stereocenters. The Morgan fingerprint density at radius 1 is 1.24 bits per heavy atom. The molecule has 0 unspecified atom stereocenters. The van der Waals surface area contributed by atoms with Crippen LogP contribution in [0.2, 0.25) is 0 Å². The third kappa shape index (κ3) is 2.81. The van der Waals surface area contributed by atoms with Gasteiger partial charge in [0.1, 0.15) is 0 Å². The molecule has 1 aliphatic rings. The number of benzene rings is 1. The Balaban J connectivity index is 1.98. The molecule has 0 radical (unpaired) electrons. The average molecular weight is 331 g/mol. The molecule has 1 aromatic heterocycles. The number of nitrogens with zero attached hydrogens (tertiary/aromatic N) is 1. The number of hydrogen-bond acceptors (Lipinski definition) is 4. The number of aryl methyl sites for hydroxylation is 2. The second kappa shape index (κ2) is 5.75. The molecule has 21 heavy (non-hydrogen) atoms. The van der Waals surface area contributed by atoms with Gasteiger partial charge in [0.05, 0.1) is 10.6 Å². The Bertz CT molecular complexity index is 747. The third-order valence-corrected chi connectivity index (χ3v) is 5.32. The quantitative estimate of drug-likeness (QED) is 0.584. The second-order valence-corrected chi connectivity index (χ2v) is 7.48. The number of thiocarbonyl (C=S) groups is 1. The van der Waals surface area contributed by atoms with Gasteiger partial charge in [0.25, 0.3) is 5.91 Å². The zero-order valence-electron chi connectivity index (χ0n) is 11.6. The fraction of sp³-hybridized carbons (Fsp3) is 0.125. The Morgan fingerprint density at radius 2 is 2.05 bits per heavy atom. The number of carbonyl (C=O) groups excluding carboxylic acids is 1. The lowest BCUT2D eigenvalue weighted by Crippen LogP contribution is -2.28. The van der Waals surface area contributed by atoms with Crippen molar-refractivity contribution in [3.63, 3.8) is 0 Å². The van der Waals surface area contributed by atoms with Crippen LogP contribution in [-0.2, 0) is 4.79 Å². The van der Waals surface area contributed by atoms with E-state index in [1.165, 1.54) is 17.3 Å². The number of thioether (sulfide) groups is 1. The minimum Gasteiger partial charge on any atom is -0.268 e. The number of hydrogen-bond donors (Lipinski definition) is 0. The summed E-state index contributed by atoms with van der Waals surface area (Å²) in [6.07, 6.45) is 1.91. The third-order valence-electron chi connectivity index (χ3n) is 3.20. The van der Waals surface area contributed by atoms with Gasteiger partial charge >= 0.3 is 0 Å². The van der Waals surface area contributed by atoms with Crippen molar-refractivity contribution in [1.82, 2.24) is 0 Å². The van der Waals surface area contributed by atoms with Crippen LogP contribution < -0.4 is 4.90 Å².